The first-order chi connectivity index (χ1) is 34.9. The van der Waals surface area contributed by atoms with Crippen LogP contribution in [0.3, 0.4) is 0 Å². The molecule has 0 atom stereocenters. The molecule has 0 radical (unpaired) electrons. The van der Waals surface area contributed by atoms with E-state index in [2.05, 4.69) is 160 Å². The number of ether oxygens (including phenoxy) is 1. The summed E-state index contributed by atoms with van der Waals surface area (Å²) in [5, 5.41) is 6.62. The minimum Gasteiger partial charge on any atom is -0.458 e. The lowest BCUT2D eigenvalue weighted by Gasteiger charge is -2.19. The number of hydrogen-bond acceptors (Lipinski definition) is 2. The molecular formula is C61H40N6O. The van der Waals surface area contributed by atoms with Crippen LogP contribution in [0.2, 0.25) is 0 Å². The zero-order valence-corrected chi connectivity index (χ0v) is 36.5. The van der Waals surface area contributed by atoms with Gasteiger partial charge in [-0.2, -0.15) is 0 Å². The van der Waals surface area contributed by atoms with Gasteiger partial charge in [0.25, 0.3) is 0 Å². The molecular weight excluding hydrogens is 833 g/mol. The molecule has 0 saturated carbocycles. The molecule has 7 heteroatoms. The maximum Gasteiger partial charge on any atom is 0.244 e. The van der Waals surface area contributed by atoms with Crippen LogP contribution in [0.15, 0.2) is 225 Å². The Morgan fingerprint density at radius 3 is 1.74 bits per heavy atom. The molecule has 7 nitrogen and oxygen atoms in total. The lowest BCUT2D eigenvalue weighted by atomic mass is 9.97. The molecule has 68 heavy (non-hydrogen) atoms. The van der Waals surface area contributed by atoms with E-state index >= 15 is 0 Å². The van der Waals surface area contributed by atoms with Crippen LogP contribution in [0.5, 0.6) is 11.5 Å². The molecule has 0 bridgehead atoms. The number of pyridine rings is 1. The lowest BCUT2D eigenvalue weighted by molar-refractivity contribution is -0.649. The summed E-state index contributed by atoms with van der Waals surface area (Å²) in [6, 6.07) is 74.4. The normalized spacial score (nSPS) is 12.7. The number of rotatable bonds is 7. The molecule has 14 rings (SSSR count). The van der Waals surface area contributed by atoms with Crippen molar-refractivity contribution in [2.75, 3.05) is 0 Å². The number of fused-ring (bicyclic) bond motifs is 10. The van der Waals surface area contributed by atoms with Gasteiger partial charge in [0.1, 0.15) is 17.3 Å². The standard InChI is InChI=1S/C61H40N6O/c1-63-39-64(41-19-15-20-42(37-41)68-43-32-33-48-46-23-7-12-29-54(46)67(57(48)38-43)58-31-13-14-36-62-58)56-30-16-25-50(60(56)63)59-55(66-52-27-10-5-21-44(52)45-22-6-11-28-53(45)66)35-34-49-47-24-8-9-26-51(47)65(61(49)59)40-17-3-2-4-18-40/h2-38H,1H3/i1D3. The SMILES string of the molecule is [2H]C([2H])([2H])[n+]1[c-]n(-c2cccc(Oc3ccc4c5ccccc5n(-c5ccccn5)c4c3)c2)c2cccc(-c3c(-n4c5ccccc5c5ccccc54)ccc4c5ccccc5n(-c5ccccc5)c34)c21. The maximum absolute atomic E-state index is 9.11. The fraction of sp³-hybridized carbons (Fsp3) is 0.0164. The fourth-order valence-electron chi connectivity index (χ4n) is 10.6. The number of para-hydroxylation sites is 6. The highest BCUT2D eigenvalue weighted by Crippen LogP contribution is 2.45. The zero-order valence-electron chi connectivity index (χ0n) is 39.5. The van der Waals surface area contributed by atoms with Gasteiger partial charge >= 0.3 is 0 Å². The fourth-order valence-corrected chi connectivity index (χ4v) is 10.6. The van der Waals surface area contributed by atoms with Crippen LogP contribution in [0, 0.1) is 6.33 Å². The van der Waals surface area contributed by atoms with Crippen LogP contribution in [-0.4, -0.2) is 23.3 Å². The Bertz CT molecular complexity index is 4380. The van der Waals surface area contributed by atoms with Crippen LogP contribution >= 0.6 is 0 Å². The van der Waals surface area contributed by atoms with E-state index in [9.17, 15) is 0 Å². The molecule has 0 amide bonds. The quantitative estimate of drug-likeness (QED) is 0.118. The van der Waals surface area contributed by atoms with Gasteiger partial charge < -0.3 is 23.0 Å². The van der Waals surface area contributed by atoms with Crippen molar-refractivity contribution in [1.82, 2.24) is 23.3 Å². The molecule has 0 N–H and O–H groups in total. The second kappa shape index (κ2) is 14.9. The summed E-state index contributed by atoms with van der Waals surface area (Å²) in [5.74, 6) is 2.05. The number of aryl methyl sites for hydroxylation is 1. The van der Waals surface area contributed by atoms with Gasteiger partial charge in [-0.3, -0.25) is 4.57 Å². The van der Waals surface area contributed by atoms with E-state index in [1.54, 1.807) is 6.20 Å². The summed E-state index contributed by atoms with van der Waals surface area (Å²) in [6.45, 7) is -2.61. The number of aromatic nitrogens is 6. The molecule has 5 heterocycles. The van der Waals surface area contributed by atoms with Crippen molar-refractivity contribution in [2.45, 2.75) is 0 Å². The third kappa shape index (κ3) is 5.66. The van der Waals surface area contributed by atoms with Crippen molar-refractivity contribution < 1.29 is 13.4 Å². The lowest BCUT2D eigenvalue weighted by Crippen LogP contribution is -2.26. The molecule has 0 spiro atoms. The molecule has 9 aromatic carbocycles. The highest BCUT2D eigenvalue weighted by atomic mass is 16.5. The van der Waals surface area contributed by atoms with Gasteiger partial charge in [0, 0.05) is 55.8 Å². The molecule has 5 aromatic heterocycles. The molecule has 0 fully saturated rings. The average molecular weight is 876 g/mol. The second-order valence-corrected chi connectivity index (χ2v) is 17.2. The van der Waals surface area contributed by atoms with E-state index in [1.165, 1.54) is 4.57 Å². The third-order valence-corrected chi connectivity index (χ3v) is 13.4. The van der Waals surface area contributed by atoms with Gasteiger partial charge in [0.05, 0.1) is 66.6 Å². The van der Waals surface area contributed by atoms with E-state index < -0.39 is 6.98 Å². The Kier molecular flexibility index (Phi) is 7.70. The van der Waals surface area contributed by atoms with Crippen molar-refractivity contribution in [2.24, 2.45) is 6.98 Å². The maximum atomic E-state index is 9.11. The molecule has 0 unspecified atom stereocenters. The van der Waals surface area contributed by atoms with Gasteiger partial charge in [-0.15, -0.1) is 0 Å². The first-order valence-electron chi connectivity index (χ1n) is 24.2. The zero-order chi connectivity index (χ0) is 47.4. The van der Waals surface area contributed by atoms with Crippen molar-refractivity contribution in [3.05, 3.63) is 231 Å². The van der Waals surface area contributed by atoms with E-state index in [1.807, 2.05) is 83.4 Å². The van der Waals surface area contributed by atoms with E-state index in [-0.39, 0.29) is 0 Å². The van der Waals surface area contributed by atoms with Gasteiger partial charge in [-0.25, -0.2) is 4.98 Å². The van der Waals surface area contributed by atoms with Gasteiger partial charge in [-0.1, -0.05) is 133 Å². The number of nitrogens with zero attached hydrogens (tertiary/aromatic N) is 6. The van der Waals surface area contributed by atoms with Crippen molar-refractivity contribution in [1.29, 1.82) is 0 Å². The summed E-state index contributed by atoms with van der Waals surface area (Å²) in [6.07, 6.45) is 5.14. The molecule has 320 valence electrons. The second-order valence-electron chi connectivity index (χ2n) is 17.2. The Balaban J connectivity index is 1.00. The first-order valence-corrected chi connectivity index (χ1v) is 22.7. The monoisotopic (exact) mass is 875 g/mol. The van der Waals surface area contributed by atoms with E-state index in [0.717, 1.165) is 93.7 Å². The van der Waals surface area contributed by atoms with Gasteiger partial charge in [0.15, 0.2) is 0 Å². The van der Waals surface area contributed by atoms with E-state index in [0.29, 0.717) is 28.2 Å². The minimum atomic E-state index is -2.61. The predicted molar refractivity (Wildman–Crippen MR) is 276 cm³/mol. The van der Waals surface area contributed by atoms with Crippen LogP contribution in [0.25, 0.3) is 110 Å². The summed E-state index contributed by atoms with van der Waals surface area (Å²) in [4.78, 5) is 4.71. The largest absolute Gasteiger partial charge is 0.458 e. The summed E-state index contributed by atoms with van der Waals surface area (Å²) in [5.41, 5.74) is 11.6. The highest BCUT2D eigenvalue weighted by molar-refractivity contribution is 6.18. The van der Waals surface area contributed by atoms with Crippen LogP contribution in [0.4, 0.5) is 0 Å². The third-order valence-electron chi connectivity index (χ3n) is 13.4. The highest BCUT2D eigenvalue weighted by Gasteiger charge is 2.25. The Morgan fingerprint density at radius 2 is 1.03 bits per heavy atom. The first kappa shape index (κ1) is 35.1. The summed E-state index contributed by atoms with van der Waals surface area (Å²) in [7, 11) is 0. The summed E-state index contributed by atoms with van der Waals surface area (Å²) < 4.78 is 44.0. The number of benzene rings is 9. The summed E-state index contributed by atoms with van der Waals surface area (Å²) >= 11 is 0. The van der Waals surface area contributed by atoms with Crippen molar-refractivity contribution >= 4 is 76.5 Å². The predicted octanol–water partition coefficient (Wildman–Crippen LogP) is 14.4. The Hall–Kier alpha value is -9.20. The number of hydrogen-bond donors (Lipinski definition) is 0. The Labute approximate surface area is 395 Å². The Morgan fingerprint density at radius 1 is 0.456 bits per heavy atom. The molecule has 0 aliphatic heterocycles. The van der Waals surface area contributed by atoms with E-state index in [4.69, 9.17) is 13.8 Å². The van der Waals surface area contributed by atoms with Crippen LogP contribution in [-0.2, 0) is 6.98 Å². The molecule has 14 aromatic rings. The smallest absolute Gasteiger partial charge is 0.244 e. The minimum absolute atomic E-state index is 0.519. The molecule has 0 saturated heterocycles. The van der Waals surface area contributed by atoms with Crippen LogP contribution < -0.4 is 9.30 Å². The molecule has 0 aliphatic rings. The average Bonchev–Trinajstić information content (AvgIpc) is 4.16. The van der Waals surface area contributed by atoms with Crippen LogP contribution in [0.1, 0.15) is 4.11 Å². The van der Waals surface area contributed by atoms with Gasteiger partial charge in [-0.05, 0) is 84.4 Å². The van der Waals surface area contributed by atoms with Crippen molar-refractivity contribution in [3.8, 4) is 45.5 Å². The van der Waals surface area contributed by atoms with Crippen molar-refractivity contribution in [3.63, 3.8) is 0 Å². The molecule has 0 aliphatic carbocycles. The van der Waals surface area contributed by atoms with Gasteiger partial charge in [0.2, 0.25) is 6.33 Å². The topological polar surface area (TPSA) is 45.7 Å². The number of imidazole rings is 1.